The van der Waals surface area contributed by atoms with Gasteiger partial charge in [-0.2, -0.15) is 0 Å². The highest BCUT2D eigenvalue weighted by Gasteiger charge is 2.19. The summed E-state index contributed by atoms with van der Waals surface area (Å²) in [5, 5.41) is 0. The van der Waals surface area contributed by atoms with Gasteiger partial charge in [0, 0.05) is 13.7 Å². The van der Waals surface area contributed by atoms with Crippen LogP contribution >= 0.6 is 0 Å². The van der Waals surface area contributed by atoms with E-state index < -0.39 is 5.69 Å². The number of imidazole rings is 1. The third-order valence-corrected chi connectivity index (χ3v) is 4.91. The molecule has 0 aliphatic carbocycles. The number of methoxy groups -OCH3 is 1. The van der Waals surface area contributed by atoms with Crippen molar-refractivity contribution in [2.24, 2.45) is 0 Å². The van der Waals surface area contributed by atoms with Crippen LogP contribution in [0.25, 0.3) is 16.9 Å². The highest BCUT2D eigenvalue weighted by Crippen LogP contribution is 2.15. The molecule has 0 fully saturated rings. The summed E-state index contributed by atoms with van der Waals surface area (Å²) in [7, 11) is 1.54. The Balaban J connectivity index is 1.95. The highest BCUT2D eigenvalue weighted by molar-refractivity contribution is 5.72. The zero-order valence-corrected chi connectivity index (χ0v) is 16.4. The van der Waals surface area contributed by atoms with Gasteiger partial charge in [0.2, 0.25) is 0 Å². The number of hydrogen-bond donors (Lipinski definition) is 0. The van der Waals surface area contributed by atoms with E-state index in [0.29, 0.717) is 23.4 Å². The summed E-state index contributed by atoms with van der Waals surface area (Å²) < 4.78 is 9.60. The molecule has 0 amide bonds. The Morgan fingerprint density at radius 1 is 1.00 bits per heavy atom. The Morgan fingerprint density at radius 2 is 1.72 bits per heavy atom. The maximum Gasteiger partial charge on any atom is 0.337 e. The number of aryl methyl sites for hydroxylation is 1. The van der Waals surface area contributed by atoms with Crippen LogP contribution in [0.4, 0.5) is 0 Å². The van der Waals surface area contributed by atoms with Gasteiger partial charge in [0.1, 0.15) is 0 Å². The third kappa shape index (κ3) is 3.52. The van der Waals surface area contributed by atoms with Gasteiger partial charge in [0.05, 0.1) is 25.2 Å². The van der Waals surface area contributed by atoms with E-state index in [4.69, 9.17) is 4.74 Å². The average Bonchev–Trinajstić information content (AvgIpc) is 3.14. The number of para-hydroxylation sites is 1. The van der Waals surface area contributed by atoms with Gasteiger partial charge in [-0.25, -0.2) is 14.3 Å². The van der Waals surface area contributed by atoms with Crippen LogP contribution in [0.3, 0.4) is 0 Å². The van der Waals surface area contributed by atoms with Gasteiger partial charge in [-0.1, -0.05) is 48.0 Å². The smallest absolute Gasteiger partial charge is 0.337 e. The maximum absolute atomic E-state index is 13.2. The molecule has 29 heavy (non-hydrogen) atoms. The van der Waals surface area contributed by atoms with Crippen LogP contribution in [0, 0.1) is 6.92 Å². The second-order valence-corrected chi connectivity index (χ2v) is 6.93. The molecule has 0 aliphatic heterocycles. The van der Waals surface area contributed by atoms with Crippen LogP contribution in [0.1, 0.15) is 11.1 Å². The first-order chi connectivity index (χ1) is 14.1. The summed E-state index contributed by atoms with van der Waals surface area (Å²) in [4.78, 5) is 30.8. The first-order valence-corrected chi connectivity index (χ1v) is 9.40. The lowest BCUT2D eigenvalue weighted by Gasteiger charge is -2.12. The number of nitrogens with zero attached hydrogens (tertiary/aromatic N) is 4. The second-order valence-electron chi connectivity index (χ2n) is 6.93. The van der Waals surface area contributed by atoms with Gasteiger partial charge < -0.3 is 9.30 Å². The zero-order chi connectivity index (χ0) is 20.4. The van der Waals surface area contributed by atoms with Crippen LogP contribution in [0.15, 0.2) is 70.5 Å². The van der Waals surface area contributed by atoms with E-state index in [0.717, 1.165) is 5.56 Å². The second kappa shape index (κ2) is 7.89. The van der Waals surface area contributed by atoms with E-state index in [9.17, 15) is 9.59 Å². The van der Waals surface area contributed by atoms with Crippen molar-refractivity contribution in [3.05, 3.63) is 92.9 Å². The maximum atomic E-state index is 13.2. The lowest BCUT2D eigenvalue weighted by Crippen LogP contribution is -2.41. The molecule has 4 aromatic rings. The minimum absolute atomic E-state index is 0.173. The van der Waals surface area contributed by atoms with Crippen LogP contribution in [0.2, 0.25) is 0 Å². The summed E-state index contributed by atoms with van der Waals surface area (Å²) in [6.45, 7) is 2.96. The molecule has 0 saturated heterocycles. The van der Waals surface area contributed by atoms with Crippen molar-refractivity contribution in [2.75, 3.05) is 13.7 Å². The zero-order valence-electron chi connectivity index (χ0n) is 16.4. The Morgan fingerprint density at radius 3 is 2.41 bits per heavy atom. The van der Waals surface area contributed by atoms with Gasteiger partial charge >= 0.3 is 5.69 Å². The molecule has 148 valence electrons. The molecular formula is C22H22N4O3. The van der Waals surface area contributed by atoms with Crippen molar-refractivity contribution in [1.82, 2.24) is 18.7 Å². The molecule has 0 aliphatic rings. The number of hydrogen-bond acceptors (Lipinski definition) is 4. The van der Waals surface area contributed by atoms with Gasteiger partial charge in [0.15, 0.2) is 11.2 Å². The van der Waals surface area contributed by atoms with Crippen molar-refractivity contribution >= 4 is 11.2 Å². The fourth-order valence-electron chi connectivity index (χ4n) is 3.38. The van der Waals surface area contributed by atoms with Crippen LogP contribution in [-0.2, 0) is 17.8 Å². The summed E-state index contributed by atoms with van der Waals surface area (Å²) in [6.07, 6.45) is 1.62. The van der Waals surface area contributed by atoms with Crippen LogP contribution in [-0.4, -0.2) is 32.4 Å². The summed E-state index contributed by atoms with van der Waals surface area (Å²) in [5.74, 6) is 0. The van der Waals surface area contributed by atoms with Crippen molar-refractivity contribution in [2.45, 2.75) is 20.0 Å². The van der Waals surface area contributed by atoms with E-state index >= 15 is 0 Å². The summed E-state index contributed by atoms with van der Waals surface area (Å²) in [6, 6.07) is 17.3. The number of aromatic nitrogens is 4. The van der Waals surface area contributed by atoms with E-state index in [1.165, 1.54) is 14.7 Å². The molecule has 0 saturated carbocycles. The monoisotopic (exact) mass is 390 g/mol. The van der Waals surface area contributed by atoms with Crippen molar-refractivity contribution in [3.63, 3.8) is 0 Å². The first kappa shape index (κ1) is 18.9. The Bertz CT molecular complexity index is 1250. The van der Waals surface area contributed by atoms with Crippen molar-refractivity contribution in [1.29, 1.82) is 0 Å². The predicted octanol–water partition coefficient (Wildman–Crippen LogP) is 2.35. The van der Waals surface area contributed by atoms with Crippen molar-refractivity contribution < 1.29 is 4.74 Å². The topological polar surface area (TPSA) is 71.1 Å². The van der Waals surface area contributed by atoms with Crippen LogP contribution < -0.4 is 11.2 Å². The summed E-state index contributed by atoms with van der Waals surface area (Å²) >= 11 is 0. The molecule has 2 aromatic heterocycles. The Labute approximate surface area is 167 Å². The lowest BCUT2D eigenvalue weighted by molar-refractivity contribution is 0.184. The molecule has 7 nitrogen and oxygen atoms in total. The molecule has 2 aromatic carbocycles. The first-order valence-electron chi connectivity index (χ1n) is 9.40. The SMILES string of the molecule is COCCn1c(=O)c2c(ncn2Cc2ccc(C)cc2)n(-c2ccccc2)c1=O. The molecular weight excluding hydrogens is 368 g/mol. The minimum atomic E-state index is -0.425. The molecule has 0 bridgehead atoms. The average molecular weight is 390 g/mol. The Hall–Kier alpha value is -3.45. The van der Waals surface area contributed by atoms with E-state index in [2.05, 4.69) is 4.98 Å². The Kier molecular flexibility index (Phi) is 5.14. The third-order valence-electron chi connectivity index (χ3n) is 4.91. The number of benzene rings is 2. The molecule has 7 heteroatoms. The highest BCUT2D eigenvalue weighted by atomic mass is 16.5. The molecule has 0 spiro atoms. The number of ether oxygens (including phenoxy) is 1. The molecule has 0 radical (unpaired) electrons. The van der Waals surface area contributed by atoms with E-state index in [-0.39, 0.29) is 18.7 Å². The van der Waals surface area contributed by atoms with E-state index in [1.807, 2.05) is 61.5 Å². The van der Waals surface area contributed by atoms with Gasteiger partial charge in [-0.3, -0.25) is 9.36 Å². The number of fused-ring (bicyclic) bond motifs is 1. The molecule has 0 atom stereocenters. The number of rotatable bonds is 6. The molecule has 4 rings (SSSR count). The standard InChI is InChI=1S/C22H22N4O3/c1-16-8-10-17(11-9-16)14-24-15-23-20-19(24)21(27)25(12-13-29-2)22(28)26(20)18-6-4-3-5-7-18/h3-11,15H,12-14H2,1-2H3. The fraction of sp³-hybridized carbons (Fsp3) is 0.227. The van der Waals surface area contributed by atoms with Gasteiger partial charge in [-0.15, -0.1) is 0 Å². The van der Waals surface area contributed by atoms with Gasteiger partial charge in [0.25, 0.3) is 5.56 Å². The van der Waals surface area contributed by atoms with Crippen molar-refractivity contribution in [3.8, 4) is 5.69 Å². The normalized spacial score (nSPS) is 11.2. The quantitative estimate of drug-likeness (QED) is 0.507. The van der Waals surface area contributed by atoms with E-state index in [1.54, 1.807) is 18.0 Å². The largest absolute Gasteiger partial charge is 0.383 e. The van der Waals surface area contributed by atoms with Crippen LogP contribution in [0.5, 0.6) is 0 Å². The fourth-order valence-corrected chi connectivity index (χ4v) is 3.38. The minimum Gasteiger partial charge on any atom is -0.383 e. The molecule has 0 unspecified atom stereocenters. The predicted molar refractivity (Wildman–Crippen MR) is 112 cm³/mol. The molecule has 0 N–H and O–H groups in total. The lowest BCUT2D eigenvalue weighted by atomic mass is 10.1. The van der Waals surface area contributed by atoms with Gasteiger partial charge in [-0.05, 0) is 24.6 Å². The molecule has 2 heterocycles. The summed E-state index contributed by atoms with van der Waals surface area (Å²) in [5.41, 5.74) is 2.84.